The fourth-order valence-corrected chi connectivity index (χ4v) is 2.26. The fourth-order valence-electron chi connectivity index (χ4n) is 1.71. The summed E-state index contributed by atoms with van der Waals surface area (Å²) in [6, 6.07) is 9.51. The number of anilines is 2. The van der Waals surface area contributed by atoms with Crippen molar-refractivity contribution >= 4 is 39.9 Å². The van der Waals surface area contributed by atoms with E-state index in [-0.39, 0.29) is 5.91 Å². The van der Waals surface area contributed by atoms with Gasteiger partial charge in [0.15, 0.2) is 0 Å². The first-order valence-corrected chi connectivity index (χ1v) is 6.89. The highest BCUT2D eigenvalue weighted by Crippen LogP contribution is 2.18. The van der Waals surface area contributed by atoms with Gasteiger partial charge in [-0.05, 0) is 53.8 Å². The van der Waals surface area contributed by atoms with E-state index in [9.17, 15) is 4.79 Å². The molecule has 0 atom stereocenters. The SMILES string of the molecule is CNc1cc(C)ncc1C(=O)Nc1cccc(I)c1. The maximum absolute atomic E-state index is 12.2. The predicted octanol–water partition coefficient (Wildman–Crippen LogP) is 3.29. The second kappa shape index (κ2) is 6.01. The highest BCUT2D eigenvalue weighted by atomic mass is 127. The summed E-state index contributed by atoms with van der Waals surface area (Å²) in [5.74, 6) is -0.168. The molecule has 2 rings (SSSR count). The molecule has 1 heterocycles. The molecule has 2 aromatic rings. The lowest BCUT2D eigenvalue weighted by Crippen LogP contribution is -2.14. The van der Waals surface area contributed by atoms with E-state index in [0.717, 1.165) is 20.6 Å². The van der Waals surface area contributed by atoms with Gasteiger partial charge in [-0.3, -0.25) is 9.78 Å². The second-order valence-electron chi connectivity index (χ2n) is 4.09. The third-order valence-corrected chi connectivity index (χ3v) is 3.31. The van der Waals surface area contributed by atoms with Crippen molar-refractivity contribution in [3.05, 3.63) is 51.4 Å². The summed E-state index contributed by atoms with van der Waals surface area (Å²) in [6.07, 6.45) is 1.59. The first kappa shape index (κ1) is 13.8. The molecule has 0 radical (unpaired) electrons. The van der Waals surface area contributed by atoms with Gasteiger partial charge in [-0.1, -0.05) is 6.07 Å². The second-order valence-corrected chi connectivity index (χ2v) is 5.33. The minimum atomic E-state index is -0.168. The van der Waals surface area contributed by atoms with Crippen molar-refractivity contribution in [3.8, 4) is 0 Å². The van der Waals surface area contributed by atoms with Gasteiger partial charge in [-0.2, -0.15) is 0 Å². The van der Waals surface area contributed by atoms with Crippen molar-refractivity contribution in [2.75, 3.05) is 17.7 Å². The van der Waals surface area contributed by atoms with Gasteiger partial charge in [0.1, 0.15) is 0 Å². The van der Waals surface area contributed by atoms with Crippen LogP contribution in [0.15, 0.2) is 36.5 Å². The van der Waals surface area contributed by atoms with Gasteiger partial charge in [0, 0.05) is 28.2 Å². The molecular weight excluding hydrogens is 353 g/mol. The average molecular weight is 367 g/mol. The molecule has 0 spiro atoms. The maximum Gasteiger partial charge on any atom is 0.259 e. The Morgan fingerprint density at radius 3 is 2.79 bits per heavy atom. The third kappa shape index (κ3) is 3.44. The molecule has 0 aliphatic rings. The number of hydrogen-bond acceptors (Lipinski definition) is 3. The molecule has 1 aromatic heterocycles. The monoisotopic (exact) mass is 367 g/mol. The van der Waals surface area contributed by atoms with Crippen LogP contribution in [-0.2, 0) is 0 Å². The fraction of sp³-hybridized carbons (Fsp3) is 0.143. The number of carbonyl (C=O) groups is 1. The number of halogens is 1. The zero-order valence-electron chi connectivity index (χ0n) is 10.7. The Bertz CT molecular complexity index is 613. The Morgan fingerprint density at radius 1 is 1.32 bits per heavy atom. The quantitative estimate of drug-likeness (QED) is 0.819. The van der Waals surface area contributed by atoms with Crippen LogP contribution in [-0.4, -0.2) is 17.9 Å². The van der Waals surface area contributed by atoms with Gasteiger partial charge >= 0.3 is 0 Å². The van der Waals surface area contributed by atoms with Gasteiger partial charge in [0.05, 0.1) is 11.3 Å². The standard InChI is InChI=1S/C14H14IN3O/c1-9-6-13(16-2)12(8-17-9)14(19)18-11-5-3-4-10(15)7-11/h3-8H,1-2H3,(H,16,17)(H,18,19). The lowest BCUT2D eigenvalue weighted by Gasteiger charge is -2.10. The Labute approximate surface area is 125 Å². The van der Waals surface area contributed by atoms with Crippen molar-refractivity contribution in [1.29, 1.82) is 0 Å². The lowest BCUT2D eigenvalue weighted by atomic mass is 10.2. The third-order valence-electron chi connectivity index (χ3n) is 2.64. The number of aromatic nitrogens is 1. The topological polar surface area (TPSA) is 54.0 Å². The number of benzene rings is 1. The summed E-state index contributed by atoms with van der Waals surface area (Å²) < 4.78 is 1.08. The van der Waals surface area contributed by atoms with Gasteiger partial charge in [-0.25, -0.2) is 0 Å². The van der Waals surface area contributed by atoms with E-state index < -0.39 is 0 Å². The van der Waals surface area contributed by atoms with Crippen LogP contribution in [0.25, 0.3) is 0 Å². The van der Waals surface area contributed by atoms with E-state index in [1.54, 1.807) is 13.2 Å². The van der Waals surface area contributed by atoms with Crippen molar-refractivity contribution in [3.63, 3.8) is 0 Å². The molecule has 4 nitrogen and oxygen atoms in total. The van der Waals surface area contributed by atoms with Crippen LogP contribution < -0.4 is 10.6 Å². The van der Waals surface area contributed by atoms with E-state index in [4.69, 9.17) is 0 Å². The van der Waals surface area contributed by atoms with Crippen LogP contribution in [0.3, 0.4) is 0 Å². The highest BCUT2D eigenvalue weighted by Gasteiger charge is 2.11. The van der Waals surface area contributed by atoms with Crippen LogP contribution in [0.5, 0.6) is 0 Å². The predicted molar refractivity (Wildman–Crippen MR) is 85.6 cm³/mol. The van der Waals surface area contributed by atoms with Crippen LogP contribution in [0.4, 0.5) is 11.4 Å². The number of amides is 1. The molecule has 1 amide bonds. The first-order chi connectivity index (χ1) is 9.10. The van der Waals surface area contributed by atoms with E-state index in [1.807, 2.05) is 37.3 Å². The van der Waals surface area contributed by atoms with Crippen LogP contribution in [0.2, 0.25) is 0 Å². The summed E-state index contributed by atoms with van der Waals surface area (Å²) in [6.45, 7) is 1.89. The van der Waals surface area contributed by atoms with Gasteiger partial charge < -0.3 is 10.6 Å². The van der Waals surface area contributed by atoms with Crippen molar-refractivity contribution in [1.82, 2.24) is 4.98 Å². The van der Waals surface area contributed by atoms with Crippen molar-refractivity contribution in [2.24, 2.45) is 0 Å². The number of rotatable bonds is 3. The Morgan fingerprint density at radius 2 is 2.11 bits per heavy atom. The van der Waals surface area contributed by atoms with E-state index >= 15 is 0 Å². The minimum absolute atomic E-state index is 0.168. The number of pyridine rings is 1. The molecule has 0 fully saturated rings. The molecule has 0 aliphatic heterocycles. The molecule has 2 N–H and O–H groups in total. The average Bonchev–Trinajstić information content (AvgIpc) is 2.38. The molecule has 98 valence electrons. The number of nitrogens with one attached hydrogen (secondary N) is 2. The zero-order valence-corrected chi connectivity index (χ0v) is 12.9. The van der Waals surface area contributed by atoms with Crippen LogP contribution in [0.1, 0.15) is 16.1 Å². The molecule has 0 saturated heterocycles. The number of carbonyl (C=O) groups excluding carboxylic acids is 1. The number of hydrogen-bond donors (Lipinski definition) is 2. The molecular formula is C14H14IN3O. The van der Waals surface area contributed by atoms with Crippen LogP contribution >= 0.6 is 22.6 Å². The largest absolute Gasteiger partial charge is 0.387 e. The van der Waals surface area contributed by atoms with Gasteiger partial charge in [0.25, 0.3) is 5.91 Å². The molecule has 0 aliphatic carbocycles. The maximum atomic E-state index is 12.2. The first-order valence-electron chi connectivity index (χ1n) is 5.81. The summed E-state index contributed by atoms with van der Waals surface area (Å²) in [5, 5.41) is 5.88. The van der Waals surface area contributed by atoms with Crippen LogP contribution in [0, 0.1) is 10.5 Å². The summed E-state index contributed by atoms with van der Waals surface area (Å²) >= 11 is 2.21. The minimum Gasteiger partial charge on any atom is -0.387 e. The molecule has 19 heavy (non-hydrogen) atoms. The van der Waals surface area contributed by atoms with Gasteiger partial charge in [0.2, 0.25) is 0 Å². The smallest absolute Gasteiger partial charge is 0.259 e. The van der Waals surface area contributed by atoms with Crippen molar-refractivity contribution in [2.45, 2.75) is 6.92 Å². The number of nitrogens with zero attached hydrogens (tertiary/aromatic N) is 1. The number of aryl methyl sites for hydroxylation is 1. The highest BCUT2D eigenvalue weighted by molar-refractivity contribution is 14.1. The molecule has 0 unspecified atom stereocenters. The van der Waals surface area contributed by atoms with E-state index in [2.05, 4.69) is 38.2 Å². The molecule has 1 aromatic carbocycles. The lowest BCUT2D eigenvalue weighted by molar-refractivity contribution is 0.102. The Kier molecular flexibility index (Phi) is 4.36. The molecule has 0 saturated carbocycles. The summed E-state index contributed by atoms with van der Waals surface area (Å²) in [5.41, 5.74) is 2.96. The van der Waals surface area contributed by atoms with E-state index in [0.29, 0.717) is 5.56 Å². The summed E-state index contributed by atoms with van der Waals surface area (Å²) in [7, 11) is 1.79. The Hall–Kier alpha value is -1.63. The van der Waals surface area contributed by atoms with Crippen molar-refractivity contribution < 1.29 is 4.79 Å². The molecule has 5 heteroatoms. The Balaban J connectivity index is 2.25. The normalized spacial score (nSPS) is 10.1. The molecule has 0 bridgehead atoms. The van der Waals surface area contributed by atoms with E-state index in [1.165, 1.54) is 0 Å². The van der Waals surface area contributed by atoms with Gasteiger partial charge in [-0.15, -0.1) is 0 Å². The summed E-state index contributed by atoms with van der Waals surface area (Å²) in [4.78, 5) is 16.4. The zero-order chi connectivity index (χ0) is 13.8.